The standard InChI is InChI=1S/C67H64N2/c1-63-39-19-9-21-41-65(63,3)68(53-27-15-7-16-28-53)61-37-33-49(45-59(61)63)47-31-35-57-55(43-47)56-44-48(32-36-58(56)67(57,51-23-11-5-12-24-51)52-25-13-6-14-26-52)50-34-38-62-60(46-50)64(2)40-20-10-22-42-66(64,4)69(62)54-29-17-8-18-30-54/h5-8,11-18,23-38,43-46H,9-10,19-22,39-42H2,1-4H3. The average Bonchev–Trinajstić information content (AvgIpc) is 3.73. The third-order valence-corrected chi connectivity index (χ3v) is 19.0. The number of rotatable bonds is 6. The quantitative estimate of drug-likeness (QED) is 0.164. The highest BCUT2D eigenvalue weighted by atomic mass is 15.3. The second kappa shape index (κ2) is 15.7. The zero-order chi connectivity index (χ0) is 46.6. The van der Waals surface area contributed by atoms with Gasteiger partial charge in [-0.05, 0) is 167 Å². The largest absolute Gasteiger partial charge is 0.334 e. The van der Waals surface area contributed by atoms with Gasteiger partial charge >= 0.3 is 0 Å². The van der Waals surface area contributed by atoms with Gasteiger partial charge in [0.15, 0.2) is 0 Å². The number of fused-ring (bicyclic) bond motifs is 9. The Labute approximate surface area is 410 Å². The van der Waals surface area contributed by atoms with Gasteiger partial charge in [0.2, 0.25) is 0 Å². The second-order valence-electron chi connectivity index (χ2n) is 22.1. The van der Waals surface area contributed by atoms with E-state index in [1.54, 1.807) is 0 Å². The van der Waals surface area contributed by atoms with Crippen LogP contribution in [0.1, 0.15) is 125 Å². The summed E-state index contributed by atoms with van der Waals surface area (Å²) in [6.07, 6.45) is 12.5. The lowest BCUT2D eigenvalue weighted by Gasteiger charge is -2.46. The van der Waals surface area contributed by atoms with Gasteiger partial charge in [0.05, 0.1) is 16.5 Å². The molecule has 4 unspecified atom stereocenters. The SMILES string of the molecule is CC12CCCCCC1(C)N(c1ccccc1)c1ccc(-c3ccc4c(c3)-c3cc(-c5ccc6c(c5)C5(C)CCCCCC5(C)N6c5ccccc5)ccc3C4(c3ccccc3)c3ccccc3)cc12. The third kappa shape index (κ3) is 5.90. The van der Waals surface area contributed by atoms with E-state index < -0.39 is 5.41 Å². The Kier molecular flexibility index (Phi) is 9.66. The van der Waals surface area contributed by atoms with Crippen molar-refractivity contribution in [3.8, 4) is 33.4 Å². The molecule has 0 amide bonds. The maximum Gasteiger partial charge on any atom is 0.0713 e. The van der Waals surface area contributed by atoms with E-state index in [4.69, 9.17) is 0 Å². The lowest BCUT2D eigenvalue weighted by Crippen LogP contribution is -2.52. The highest BCUT2D eigenvalue weighted by molar-refractivity contribution is 5.92. The maximum atomic E-state index is 2.71. The summed E-state index contributed by atoms with van der Waals surface area (Å²) in [7, 11) is 0. The smallest absolute Gasteiger partial charge is 0.0713 e. The van der Waals surface area contributed by atoms with Crippen LogP contribution in [-0.4, -0.2) is 11.1 Å². The first-order chi connectivity index (χ1) is 33.7. The van der Waals surface area contributed by atoms with Crippen LogP contribution in [-0.2, 0) is 16.2 Å². The molecule has 2 heteroatoms. The van der Waals surface area contributed by atoms with E-state index in [0.717, 1.165) is 0 Å². The van der Waals surface area contributed by atoms with E-state index in [2.05, 4.69) is 232 Å². The van der Waals surface area contributed by atoms with Gasteiger partial charge in [-0.15, -0.1) is 0 Å². The number of para-hydroxylation sites is 2. The van der Waals surface area contributed by atoms with Crippen LogP contribution in [0.15, 0.2) is 194 Å². The summed E-state index contributed by atoms with van der Waals surface area (Å²) >= 11 is 0. The number of anilines is 4. The van der Waals surface area contributed by atoms with Crippen molar-refractivity contribution in [1.29, 1.82) is 0 Å². The van der Waals surface area contributed by atoms with Gasteiger partial charge in [-0.25, -0.2) is 0 Å². The van der Waals surface area contributed by atoms with Gasteiger partial charge in [-0.3, -0.25) is 0 Å². The Hall–Kier alpha value is -6.64. The lowest BCUT2D eigenvalue weighted by atomic mass is 9.66. The van der Waals surface area contributed by atoms with Crippen LogP contribution in [0, 0.1) is 0 Å². The van der Waals surface area contributed by atoms with E-state index in [1.807, 2.05) is 0 Å². The van der Waals surface area contributed by atoms with Crippen LogP contribution in [0.3, 0.4) is 0 Å². The molecule has 0 saturated heterocycles. The summed E-state index contributed by atoms with van der Waals surface area (Å²) in [5.74, 6) is 0. The number of hydrogen-bond donors (Lipinski definition) is 0. The van der Waals surface area contributed by atoms with Crippen molar-refractivity contribution < 1.29 is 0 Å². The molecule has 0 N–H and O–H groups in total. The zero-order valence-electron chi connectivity index (χ0n) is 40.9. The van der Waals surface area contributed by atoms with Crippen molar-refractivity contribution in [1.82, 2.24) is 0 Å². The van der Waals surface area contributed by atoms with E-state index in [-0.39, 0.29) is 21.9 Å². The molecule has 2 heterocycles. The highest BCUT2D eigenvalue weighted by Gasteiger charge is 2.58. The molecule has 2 fully saturated rings. The van der Waals surface area contributed by atoms with E-state index in [1.165, 1.54) is 154 Å². The van der Waals surface area contributed by atoms with Crippen molar-refractivity contribution in [3.05, 3.63) is 228 Å². The summed E-state index contributed by atoms with van der Waals surface area (Å²) in [6.45, 7) is 10.3. The molecular formula is C67H64N2. The molecule has 0 spiro atoms. The minimum absolute atomic E-state index is 0.00625. The van der Waals surface area contributed by atoms with Gasteiger partial charge in [0, 0.05) is 33.6 Å². The molecule has 69 heavy (non-hydrogen) atoms. The normalized spacial score (nSPS) is 25.1. The molecule has 4 atom stereocenters. The van der Waals surface area contributed by atoms with Gasteiger partial charge < -0.3 is 9.80 Å². The molecule has 8 aromatic rings. The Bertz CT molecular complexity index is 3030. The highest BCUT2D eigenvalue weighted by Crippen LogP contribution is 2.63. The monoisotopic (exact) mass is 897 g/mol. The molecule has 2 aliphatic heterocycles. The first-order valence-electron chi connectivity index (χ1n) is 26.1. The van der Waals surface area contributed by atoms with Crippen LogP contribution < -0.4 is 9.80 Å². The Morgan fingerprint density at radius 3 is 1.07 bits per heavy atom. The Morgan fingerprint density at radius 2 is 0.667 bits per heavy atom. The average molecular weight is 897 g/mol. The number of benzene rings is 8. The summed E-state index contributed by atoms with van der Waals surface area (Å²) in [6, 6.07) is 74.7. The maximum absolute atomic E-state index is 2.71. The van der Waals surface area contributed by atoms with Crippen LogP contribution in [0.5, 0.6) is 0 Å². The predicted molar refractivity (Wildman–Crippen MR) is 289 cm³/mol. The molecule has 5 aliphatic rings. The number of hydrogen-bond acceptors (Lipinski definition) is 2. The minimum Gasteiger partial charge on any atom is -0.334 e. The van der Waals surface area contributed by atoms with E-state index in [0.29, 0.717) is 0 Å². The second-order valence-corrected chi connectivity index (χ2v) is 22.1. The summed E-state index contributed by atoms with van der Waals surface area (Å²) < 4.78 is 0. The van der Waals surface area contributed by atoms with Crippen molar-refractivity contribution in [3.63, 3.8) is 0 Å². The summed E-state index contributed by atoms with van der Waals surface area (Å²) in [4.78, 5) is 5.42. The van der Waals surface area contributed by atoms with Gasteiger partial charge in [-0.2, -0.15) is 0 Å². The van der Waals surface area contributed by atoms with E-state index >= 15 is 0 Å². The lowest BCUT2D eigenvalue weighted by molar-refractivity contribution is 0.261. The zero-order valence-corrected chi connectivity index (χ0v) is 40.9. The topological polar surface area (TPSA) is 6.48 Å². The first-order valence-corrected chi connectivity index (χ1v) is 26.1. The van der Waals surface area contributed by atoms with Crippen LogP contribution in [0.25, 0.3) is 33.4 Å². The summed E-state index contributed by atoms with van der Waals surface area (Å²) in [5, 5.41) is 0. The Balaban J connectivity index is 0.997. The van der Waals surface area contributed by atoms with Crippen molar-refractivity contribution in [2.24, 2.45) is 0 Å². The van der Waals surface area contributed by atoms with Gasteiger partial charge in [-0.1, -0.05) is 186 Å². The molecule has 2 saturated carbocycles. The van der Waals surface area contributed by atoms with E-state index in [9.17, 15) is 0 Å². The van der Waals surface area contributed by atoms with Crippen LogP contribution in [0.2, 0.25) is 0 Å². The fraction of sp³-hybridized carbons (Fsp3) is 0.284. The fourth-order valence-corrected chi connectivity index (χ4v) is 15.0. The van der Waals surface area contributed by atoms with Gasteiger partial charge in [0.25, 0.3) is 0 Å². The number of nitrogens with zero attached hydrogens (tertiary/aromatic N) is 2. The molecule has 0 aromatic heterocycles. The molecule has 8 aromatic carbocycles. The van der Waals surface area contributed by atoms with Crippen molar-refractivity contribution in [2.75, 3.05) is 9.80 Å². The van der Waals surface area contributed by atoms with Crippen molar-refractivity contribution in [2.45, 2.75) is 119 Å². The Morgan fingerprint density at radius 1 is 0.319 bits per heavy atom. The molecule has 2 nitrogen and oxygen atoms in total. The molecule has 13 rings (SSSR count). The van der Waals surface area contributed by atoms with Crippen LogP contribution >= 0.6 is 0 Å². The van der Waals surface area contributed by atoms with Gasteiger partial charge in [0.1, 0.15) is 0 Å². The molecule has 0 bridgehead atoms. The third-order valence-electron chi connectivity index (χ3n) is 19.0. The fourth-order valence-electron chi connectivity index (χ4n) is 15.0. The molecule has 0 radical (unpaired) electrons. The van der Waals surface area contributed by atoms with Crippen LogP contribution in [0.4, 0.5) is 22.7 Å². The molecular weight excluding hydrogens is 833 g/mol. The molecule has 342 valence electrons. The summed E-state index contributed by atoms with van der Waals surface area (Å²) in [5.41, 5.74) is 21.0. The first kappa shape index (κ1) is 42.5. The van der Waals surface area contributed by atoms with Crippen molar-refractivity contribution >= 4 is 22.7 Å². The minimum atomic E-state index is -0.474. The predicted octanol–water partition coefficient (Wildman–Crippen LogP) is 17.6. The molecule has 3 aliphatic carbocycles.